The standard InChI is InChI=1S/C6H6ClN.BrH/c7-5-6-1-3-8-4-2-6;/h1-4H,5H2;1H. The fraction of sp³-hybridized carbons (Fsp3) is 0.167. The van der Waals surface area contributed by atoms with Crippen LogP contribution in [0.1, 0.15) is 5.56 Å². The van der Waals surface area contributed by atoms with Gasteiger partial charge in [-0.2, -0.15) is 0 Å². The van der Waals surface area contributed by atoms with Gasteiger partial charge >= 0.3 is 0 Å². The van der Waals surface area contributed by atoms with E-state index in [9.17, 15) is 0 Å². The maximum atomic E-state index is 5.50. The first-order valence-corrected chi connectivity index (χ1v) is 2.92. The topological polar surface area (TPSA) is 12.9 Å². The monoisotopic (exact) mass is 207 g/mol. The van der Waals surface area contributed by atoms with Crippen molar-refractivity contribution in [3.63, 3.8) is 0 Å². The van der Waals surface area contributed by atoms with Gasteiger partial charge < -0.3 is 0 Å². The molecule has 9 heavy (non-hydrogen) atoms. The Hall–Kier alpha value is -0.0800. The molecule has 0 aromatic carbocycles. The lowest BCUT2D eigenvalue weighted by Gasteiger charge is -1.87. The molecule has 1 heterocycles. The number of nitrogens with zero attached hydrogens (tertiary/aromatic N) is 1. The SMILES string of the molecule is Br.ClCc1ccncc1. The van der Waals surface area contributed by atoms with E-state index in [4.69, 9.17) is 11.6 Å². The average Bonchev–Trinajstić information content (AvgIpc) is 1.90. The van der Waals surface area contributed by atoms with E-state index in [0.717, 1.165) is 5.56 Å². The van der Waals surface area contributed by atoms with Crippen LogP contribution in [0.25, 0.3) is 0 Å². The van der Waals surface area contributed by atoms with E-state index in [1.807, 2.05) is 12.1 Å². The third-order valence-corrected chi connectivity index (χ3v) is 1.21. The summed E-state index contributed by atoms with van der Waals surface area (Å²) in [7, 11) is 0. The van der Waals surface area contributed by atoms with E-state index >= 15 is 0 Å². The predicted octanol–water partition coefficient (Wildman–Crippen LogP) is 2.40. The largest absolute Gasteiger partial charge is 0.265 e. The zero-order chi connectivity index (χ0) is 5.82. The molecule has 1 rings (SSSR count). The minimum absolute atomic E-state index is 0. The van der Waals surface area contributed by atoms with E-state index in [1.165, 1.54) is 0 Å². The third kappa shape index (κ3) is 2.82. The lowest BCUT2D eigenvalue weighted by molar-refractivity contribution is 1.27. The summed E-state index contributed by atoms with van der Waals surface area (Å²) in [6.45, 7) is 0. The smallest absolute Gasteiger partial charge is 0.0475 e. The predicted molar refractivity (Wildman–Crippen MR) is 44.1 cm³/mol. The molecule has 0 aliphatic heterocycles. The van der Waals surface area contributed by atoms with Crippen LogP contribution in [0.4, 0.5) is 0 Å². The highest BCUT2D eigenvalue weighted by Crippen LogP contribution is 1.98. The van der Waals surface area contributed by atoms with Crippen molar-refractivity contribution in [1.29, 1.82) is 0 Å². The first-order valence-electron chi connectivity index (χ1n) is 2.38. The summed E-state index contributed by atoms with van der Waals surface area (Å²) in [5, 5.41) is 0. The van der Waals surface area contributed by atoms with E-state index < -0.39 is 0 Å². The quantitative estimate of drug-likeness (QED) is 0.646. The van der Waals surface area contributed by atoms with Gasteiger partial charge in [0, 0.05) is 18.3 Å². The molecule has 0 aliphatic carbocycles. The Morgan fingerprint density at radius 1 is 1.33 bits per heavy atom. The van der Waals surface area contributed by atoms with Crippen LogP contribution >= 0.6 is 28.6 Å². The van der Waals surface area contributed by atoms with Gasteiger partial charge in [0.25, 0.3) is 0 Å². The van der Waals surface area contributed by atoms with Gasteiger partial charge in [-0.1, -0.05) is 0 Å². The number of hydrogen-bond acceptors (Lipinski definition) is 1. The number of aromatic nitrogens is 1. The lowest BCUT2D eigenvalue weighted by atomic mass is 10.3. The summed E-state index contributed by atoms with van der Waals surface area (Å²) >= 11 is 5.50. The Kier molecular flexibility index (Phi) is 4.72. The Morgan fingerprint density at radius 2 is 1.89 bits per heavy atom. The van der Waals surface area contributed by atoms with Crippen LogP contribution in [0.15, 0.2) is 24.5 Å². The van der Waals surface area contributed by atoms with Crippen molar-refractivity contribution in [2.45, 2.75) is 5.88 Å². The molecule has 0 spiro atoms. The van der Waals surface area contributed by atoms with Crippen molar-refractivity contribution >= 4 is 28.6 Å². The van der Waals surface area contributed by atoms with Crippen molar-refractivity contribution < 1.29 is 0 Å². The van der Waals surface area contributed by atoms with Crippen LogP contribution in [-0.4, -0.2) is 4.98 Å². The zero-order valence-electron chi connectivity index (χ0n) is 4.75. The molecule has 0 saturated carbocycles. The molecule has 0 saturated heterocycles. The van der Waals surface area contributed by atoms with Crippen molar-refractivity contribution in [2.75, 3.05) is 0 Å². The number of halogens is 2. The summed E-state index contributed by atoms with van der Waals surface area (Å²) in [5.74, 6) is 0.572. The number of alkyl halides is 1. The maximum absolute atomic E-state index is 5.50. The van der Waals surface area contributed by atoms with Crippen LogP contribution < -0.4 is 0 Å². The van der Waals surface area contributed by atoms with Gasteiger partial charge in [-0.15, -0.1) is 28.6 Å². The van der Waals surface area contributed by atoms with Gasteiger partial charge in [-0.05, 0) is 17.7 Å². The van der Waals surface area contributed by atoms with Crippen LogP contribution in [0, 0.1) is 0 Å². The lowest BCUT2D eigenvalue weighted by Crippen LogP contribution is -1.74. The second-order valence-electron chi connectivity index (χ2n) is 1.49. The van der Waals surface area contributed by atoms with Crippen molar-refractivity contribution in [2.24, 2.45) is 0 Å². The first kappa shape index (κ1) is 8.92. The number of pyridine rings is 1. The molecule has 0 amide bonds. The molecule has 0 radical (unpaired) electrons. The van der Waals surface area contributed by atoms with Crippen molar-refractivity contribution in [3.05, 3.63) is 30.1 Å². The molecular weight excluding hydrogens is 201 g/mol. The van der Waals surface area contributed by atoms with E-state index in [-0.39, 0.29) is 17.0 Å². The summed E-state index contributed by atoms with van der Waals surface area (Å²) in [6.07, 6.45) is 3.47. The number of hydrogen-bond donors (Lipinski definition) is 0. The minimum atomic E-state index is 0. The average molecular weight is 208 g/mol. The zero-order valence-corrected chi connectivity index (χ0v) is 7.22. The Balaban J connectivity index is 0.000000640. The molecule has 0 fully saturated rings. The minimum Gasteiger partial charge on any atom is -0.265 e. The van der Waals surface area contributed by atoms with Gasteiger partial charge in [0.1, 0.15) is 0 Å². The van der Waals surface area contributed by atoms with Crippen molar-refractivity contribution in [3.8, 4) is 0 Å². The van der Waals surface area contributed by atoms with Crippen LogP contribution in [0.3, 0.4) is 0 Å². The Morgan fingerprint density at radius 3 is 2.22 bits per heavy atom. The highest BCUT2D eigenvalue weighted by atomic mass is 79.9. The molecule has 1 nitrogen and oxygen atoms in total. The van der Waals surface area contributed by atoms with Crippen molar-refractivity contribution in [1.82, 2.24) is 4.98 Å². The molecule has 0 bridgehead atoms. The molecule has 0 N–H and O–H groups in total. The summed E-state index contributed by atoms with van der Waals surface area (Å²) < 4.78 is 0. The fourth-order valence-corrected chi connectivity index (χ4v) is 0.650. The van der Waals surface area contributed by atoms with E-state index in [1.54, 1.807) is 12.4 Å². The van der Waals surface area contributed by atoms with Gasteiger partial charge in [-0.3, -0.25) is 4.98 Å². The number of rotatable bonds is 1. The summed E-state index contributed by atoms with van der Waals surface area (Å²) in [6, 6.07) is 3.79. The Bertz CT molecular complexity index is 154. The molecule has 1 aromatic rings. The van der Waals surface area contributed by atoms with Gasteiger partial charge in [-0.25, -0.2) is 0 Å². The molecule has 0 aliphatic rings. The normalized spacial score (nSPS) is 8.11. The molecule has 50 valence electrons. The van der Waals surface area contributed by atoms with Crippen LogP contribution in [-0.2, 0) is 5.88 Å². The second-order valence-corrected chi connectivity index (χ2v) is 1.76. The Labute approximate surface area is 69.8 Å². The molecule has 1 aromatic heterocycles. The third-order valence-electron chi connectivity index (χ3n) is 0.904. The highest BCUT2D eigenvalue weighted by Gasteiger charge is 1.82. The van der Waals surface area contributed by atoms with Gasteiger partial charge in [0.2, 0.25) is 0 Å². The van der Waals surface area contributed by atoms with E-state index in [0.29, 0.717) is 5.88 Å². The van der Waals surface area contributed by atoms with Crippen LogP contribution in [0.5, 0.6) is 0 Å². The van der Waals surface area contributed by atoms with Crippen LogP contribution in [0.2, 0.25) is 0 Å². The molecule has 0 atom stereocenters. The summed E-state index contributed by atoms with van der Waals surface area (Å²) in [5.41, 5.74) is 1.11. The molecule has 0 unspecified atom stereocenters. The molecular formula is C6H7BrClN. The maximum Gasteiger partial charge on any atom is 0.0475 e. The summed E-state index contributed by atoms with van der Waals surface area (Å²) in [4.78, 5) is 3.83. The van der Waals surface area contributed by atoms with E-state index in [2.05, 4.69) is 4.98 Å². The highest BCUT2D eigenvalue weighted by molar-refractivity contribution is 8.93. The molecule has 3 heteroatoms. The van der Waals surface area contributed by atoms with Gasteiger partial charge in [0.05, 0.1) is 0 Å². The fourth-order valence-electron chi connectivity index (χ4n) is 0.472. The first-order chi connectivity index (χ1) is 3.93. The second kappa shape index (κ2) is 4.77. The van der Waals surface area contributed by atoms with Gasteiger partial charge in [0.15, 0.2) is 0 Å².